The third-order valence-electron chi connectivity index (χ3n) is 9.03. The number of phenolic OH excluding ortho intramolecular Hbond substituents is 2. The summed E-state index contributed by atoms with van der Waals surface area (Å²) in [7, 11) is 0. The first-order valence-corrected chi connectivity index (χ1v) is 14.3. The van der Waals surface area contributed by atoms with Gasteiger partial charge >= 0.3 is 0 Å². The van der Waals surface area contributed by atoms with Crippen LogP contribution in [0.1, 0.15) is 61.1 Å². The summed E-state index contributed by atoms with van der Waals surface area (Å²) in [5.41, 5.74) is 11.6. The molecule has 4 heteroatoms. The zero-order valence-corrected chi connectivity index (χ0v) is 24.2. The summed E-state index contributed by atoms with van der Waals surface area (Å²) in [6, 6.07) is 32.2. The van der Waals surface area contributed by atoms with Crippen molar-refractivity contribution in [2.75, 3.05) is 0 Å². The van der Waals surface area contributed by atoms with Gasteiger partial charge in [-0.3, -0.25) is 9.98 Å². The van der Waals surface area contributed by atoms with Crippen LogP contribution in [0.3, 0.4) is 0 Å². The molecule has 0 saturated heterocycles. The molecule has 5 aromatic carbocycles. The van der Waals surface area contributed by atoms with E-state index in [1.54, 1.807) is 12.4 Å². The average molecular weight is 549 g/mol. The van der Waals surface area contributed by atoms with Gasteiger partial charge < -0.3 is 10.2 Å². The molecule has 0 fully saturated rings. The maximum atomic E-state index is 10.9. The summed E-state index contributed by atoms with van der Waals surface area (Å²) in [4.78, 5) is 9.48. The highest BCUT2D eigenvalue weighted by atomic mass is 16.3. The van der Waals surface area contributed by atoms with Gasteiger partial charge in [-0.15, -0.1) is 0 Å². The maximum absolute atomic E-state index is 10.9. The number of rotatable bonds is 4. The van der Waals surface area contributed by atoms with E-state index in [-0.39, 0.29) is 22.3 Å². The summed E-state index contributed by atoms with van der Waals surface area (Å²) in [5, 5.41) is 21.9. The third-order valence-corrected chi connectivity index (χ3v) is 9.03. The first kappa shape index (κ1) is 26.0. The highest BCUT2D eigenvalue weighted by Crippen LogP contribution is 2.51. The Morgan fingerprint density at radius 3 is 1.29 bits per heavy atom. The molecule has 4 nitrogen and oxygen atoms in total. The topological polar surface area (TPSA) is 65.2 Å². The molecule has 0 saturated carbocycles. The lowest BCUT2D eigenvalue weighted by Crippen LogP contribution is -2.15. The minimum atomic E-state index is -0.168. The Morgan fingerprint density at radius 1 is 0.476 bits per heavy atom. The maximum Gasteiger partial charge on any atom is 0.124 e. The SMILES string of the molecule is CC1(C)c2ccccc2-c2cc(O)c(C=Nc3ccccc3N=Cc3cc4c(cc3O)-c3ccccc3C4(C)C)cc21. The molecular formula is C38H32N2O2. The summed E-state index contributed by atoms with van der Waals surface area (Å²) in [6.07, 6.45) is 3.41. The van der Waals surface area contributed by atoms with Gasteiger partial charge in [-0.1, -0.05) is 88.4 Å². The van der Waals surface area contributed by atoms with Crippen LogP contribution in [0.5, 0.6) is 11.5 Å². The molecule has 2 N–H and O–H groups in total. The molecule has 7 rings (SSSR count). The number of para-hydroxylation sites is 2. The Hall–Kier alpha value is -4.96. The summed E-state index contributed by atoms with van der Waals surface area (Å²) in [6.45, 7) is 8.86. The van der Waals surface area contributed by atoms with Crippen molar-refractivity contribution in [3.63, 3.8) is 0 Å². The minimum absolute atomic E-state index is 0.168. The molecule has 0 spiro atoms. The van der Waals surface area contributed by atoms with E-state index in [0.29, 0.717) is 22.5 Å². The number of hydrogen-bond acceptors (Lipinski definition) is 4. The molecule has 0 atom stereocenters. The standard InChI is InChI=1S/C38H32N2O2/c1-37(2)29-13-7-5-11-25(29)27-19-35(41)23(17-31(27)37)21-39-33-15-9-10-16-34(33)40-22-24-18-32-28(20-36(24)42)26-12-6-8-14-30(26)38(32,3)4/h5-22,41-42H,1-4H3. The van der Waals surface area contributed by atoms with Gasteiger partial charge in [0.1, 0.15) is 11.5 Å². The van der Waals surface area contributed by atoms with E-state index in [9.17, 15) is 10.2 Å². The fraction of sp³-hybridized carbons (Fsp3) is 0.158. The zero-order valence-electron chi connectivity index (χ0n) is 24.2. The normalized spacial score (nSPS) is 15.5. The van der Waals surface area contributed by atoms with Gasteiger partial charge in [-0.05, 0) is 80.9 Å². The molecule has 2 aliphatic carbocycles. The number of phenols is 2. The molecule has 0 aromatic heterocycles. The molecule has 42 heavy (non-hydrogen) atoms. The summed E-state index contributed by atoms with van der Waals surface area (Å²) in [5.74, 6) is 0.385. The van der Waals surface area contributed by atoms with Crippen LogP contribution in [0.25, 0.3) is 22.3 Å². The van der Waals surface area contributed by atoms with Crippen LogP contribution in [0.2, 0.25) is 0 Å². The van der Waals surface area contributed by atoms with Gasteiger partial charge in [0.2, 0.25) is 0 Å². The molecule has 0 heterocycles. The Bertz CT molecular complexity index is 1820. The highest BCUT2D eigenvalue weighted by molar-refractivity contribution is 5.94. The van der Waals surface area contributed by atoms with E-state index >= 15 is 0 Å². The van der Waals surface area contributed by atoms with Crippen LogP contribution in [-0.2, 0) is 10.8 Å². The highest BCUT2D eigenvalue weighted by Gasteiger charge is 2.37. The monoisotopic (exact) mass is 548 g/mol. The summed E-state index contributed by atoms with van der Waals surface area (Å²) >= 11 is 0. The molecule has 0 unspecified atom stereocenters. The lowest BCUT2D eigenvalue weighted by molar-refractivity contribution is 0.473. The van der Waals surface area contributed by atoms with Gasteiger partial charge in [0.25, 0.3) is 0 Å². The van der Waals surface area contributed by atoms with Crippen LogP contribution >= 0.6 is 0 Å². The molecule has 5 aromatic rings. The largest absolute Gasteiger partial charge is 0.507 e. The molecule has 0 bridgehead atoms. The number of fused-ring (bicyclic) bond motifs is 6. The Kier molecular flexibility index (Phi) is 5.74. The van der Waals surface area contributed by atoms with E-state index < -0.39 is 0 Å². The van der Waals surface area contributed by atoms with Crippen molar-refractivity contribution in [1.29, 1.82) is 0 Å². The molecule has 0 amide bonds. The van der Waals surface area contributed by atoms with Crippen molar-refractivity contribution in [1.82, 2.24) is 0 Å². The van der Waals surface area contributed by atoms with Gasteiger partial charge in [-0.25, -0.2) is 0 Å². The van der Waals surface area contributed by atoms with E-state index in [1.807, 2.05) is 60.7 Å². The van der Waals surface area contributed by atoms with Crippen LogP contribution in [0, 0.1) is 0 Å². The van der Waals surface area contributed by atoms with Gasteiger partial charge in [-0.2, -0.15) is 0 Å². The fourth-order valence-electron chi connectivity index (χ4n) is 6.67. The van der Waals surface area contributed by atoms with E-state index in [4.69, 9.17) is 9.98 Å². The van der Waals surface area contributed by atoms with Gasteiger partial charge in [0.15, 0.2) is 0 Å². The van der Waals surface area contributed by atoms with Gasteiger partial charge in [0.05, 0.1) is 11.4 Å². The predicted octanol–water partition coefficient (Wildman–Crippen LogP) is 9.21. The van der Waals surface area contributed by atoms with E-state index in [1.165, 1.54) is 22.3 Å². The fourth-order valence-corrected chi connectivity index (χ4v) is 6.67. The first-order chi connectivity index (χ1) is 20.2. The smallest absolute Gasteiger partial charge is 0.124 e. The lowest BCUT2D eigenvalue weighted by Gasteiger charge is -2.21. The Balaban J connectivity index is 1.21. The van der Waals surface area contributed by atoms with E-state index in [2.05, 4.69) is 64.1 Å². The zero-order chi connectivity index (χ0) is 29.2. The van der Waals surface area contributed by atoms with Crippen molar-refractivity contribution in [2.24, 2.45) is 9.98 Å². The molecular weight excluding hydrogens is 516 g/mol. The van der Waals surface area contributed by atoms with Crippen LogP contribution in [0.15, 0.2) is 107 Å². The Labute approximate surface area is 246 Å². The second-order valence-corrected chi connectivity index (χ2v) is 12.3. The predicted molar refractivity (Wildman–Crippen MR) is 172 cm³/mol. The van der Waals surface area contributed by atoms with Crippen molar-refractivity contribution in [3.8, 4) is 33.8 Å². The van der Waals surface area contributed by atoms with Crippen LogP contribution < -0.4 is 0 Å². The van der Waals surface area contributed by atoms with Crippen molar-refractivity contribution in [3.05, 3.63) is 130 Å². The quantitative estimate of drug-likeness (QED) is 0.220. The van der Waals surface area contributed by atoms with Crippen molar-refractivity contribution < 1.29 is 10.2 Å². The summed E-state index contributed by atoms with van der Waals surface area (Å²) < 4.78 is 0. The molecule has 2 aliphatic rings. The van der Waals surface area contributed by atoms with E-state index in [0.717, 1.165) is 22.3 Å². The number of hydrogen-bond donors (Lipinski definition) is 2. The lowest BCUT2D eigenvalue weighted by atomic mass is 9.82. The molecule has 0 radical (unpaired) electrons. The minimum Gasteiger partial charge on any atom is -0.507 e. The van der Waals surface area contributed by atoms with Crippen molar-refractivity contribution >= 4 is 23.8 Å². The van der Waals surface area contributed by atoms with Crippen LogP contribution in [0.4, 0.5) is 11.4 Å². The number of benzene rings is 5. The number of aromatic hydroxyl groups is 2. The third kappa shape index (κ3) is 3.90. The van der Waals surface area contributed by atoms with Crippen molar-refractivity contribution in [2.45, 2.75) is 38.5 Å². The number of aliphatic imine (C=N–C) groups is 2. The average Bonchev–Trinajstić information content (AvgIpc) is 3.34. The second-order valence-electron chi connectivity index (χ2n) is 12.3. The molecule has 206 valence electrons. The second kappa shape index (κ2) is 9.28. The van der Waals surface area contributed by atoms with Crippen LogP contribution in [-0.4, -0.2) is 22.6 Å². The molecule has 0 aliphatic heterocycles. The van der Waals surface area contributed by atoms with Gasteiger partial charge in [0, 0.05) is 34.4 Å². The Morgan fingerprint density at radius 2 is 0.857 bits per heavy atom. The first-order valence-electron chi connectivity index (χ1n) is 14.3. The number of nitrogens with zero attached hydrogens (tertiary/aromatic N) is 2.